The third kappa shape index (κ3) is 4.33. The number of rotatable bonds is 6. The number of para-hydroxylation sites is 1. The Balaban J connectivity index is 1.59. The molecule has 2 aromatic carbocycles. The van der Waals surface area contributed by atoms with Crippen molar-refractivity contribution in [1.82, 2.24) is 14.8 Å². The van der Waals surface area contributed by atoms with Crippen LogP contribution in [0.25, 0.3) is 11.4 Å². The predicted molar refractivity (Wildman–Crippen MR) is 102 cm³/mol. The van der Waals surface area contributed by atoms with Gasteiger partial charge in [0, 0.05) is 19.2 Å². The molecule has 0 atom stereocenters. The Morgan fingerprint density at radius 3 is 2.74 bits per heavy atom. The number of halogens is 1. The zero-order valence-corrected chi connectivity index (χ0v) is 15.3. The molecule has 0 aliphatic heterocycles. The first-order valence-corrected chi connectivity index (χ1v) is 9.15. The average Bonchev–Trinajstić information content (AvgIpc) is 3.03. The Morgan fingerprint density at radius 1 is 1.22 bits per heavy atom. The lowest BCUT2D eigenvalue weighted by atomic mass is 10.2. The van der Waals surface area contributed by atoms with Gasteiger partial charge in [0.15, 0.2) is 11.0 Å². The molecule has 0 unspecified atom stereocenters. The number of hydrogen-bond donors (Lipinski definition) is 1. The minimum Gasteiger partial charge on any atom is -0.325 e. The molecule has 3 aromatic rings. The number of anilines is 1. The molecule has 0 saturated heterocycles. The van der Waals surface area contributed by atoms with E-state index in [1.807, 2.05) is 6.07 Å². The van der Waals surface area contributed by atoms with Crippen LogP contribution in [0.3, 0.4) is 0 Å². The van der Waals surface area contributed by atoms with Gasteiger partial charge >= 0.3 is 0 Å². The van der Waals surface area contributed by atoms with E-state index < -0.39 is 0 Å². The van der Waals surface area contributed by atoms with E-state index in [4.69, 9.17) is 5.26 Å². The van der Waals surface area contributed by atoms with E-state index in [2.05, 4.69) is 15.5 Å². The van der Waals surface area contributed by atoms with Crippen molar-refractivity contribution in [3.8, 4) is 17.5 Å². The number of nitrogens with one attached hydrogen (secondary N) is 1. The van der Waals surface area contributed by atoms with Crippen molar-refractivity contribution in [3.63, 3.8) is 0 Å². The molecule has 1 amide bonds. The van der Waals surface area contributed by atoms with E-state index >= 15 is 0 Å². The number of aromatic nitrogens is 3. The molecule has 27 heavy (non-hydrogen) atoms. The summed E-state index contributed by atoms with van der Waals surface area (Å²) >= 11 is 1.36. The second-order valence-electron chi connectivity index (χ2n) is 5.65. The van der Waals surface area contributed by atoms with Crippen LogP contribution in [0.5, 0.6) is 0 Å². The Labute approximate surface area is 160 Å². The average molecular weight is 381 g/mol. The first-order valence-electron chi connectivity index (χ1n) is 8.16. The molecule has 136 valence electrons. The minimum atomic E-state index is -0.361. The zero-order chi connectivity index (χ0) is 19.2. The molecule has 6 nitrogen and oxygen atoms in total. The van der Waals surface area contributed by atoms with E-state index in [1.165, 1.54) is 17.8 Å². The van der Waals surface area contributed by atoms with Gasteiger partial charge < -0.3 is 9.88 Å². The summed E-state index contributed by atoms with van der Waals surface area (Å²) in [6.45, 7) is 0. The molecule has 0 bridgehead atoms. The summed E-state index contributed by atoms with van der Waals surface area (Å²) in [5, 5.41) is 20.5. The standard InChI is InChI=1S/C19H16FN5OS/c1-25-18(14-7-3-4-8-15(14)20)23-24-19(25)27-11-10-17(26)22-16-9-5-2-6-13(16)12-21/h2-9H,10-11H2,1H3,(H,22,26). The van der Waals surface area contributed by atoms with Crippen molar-refractivity contribution in [2.75, 3.05) is 11.1 Å². The van der Waals surface area contributed by atoms with E-state index in [0.29, 0.717) is 33.5 Å². The van der Waals surface area contributed by atoms with Gasteiger partial charge in [-0.25, -0.2) is 4.39 Å². The van der Waals surface area contributed by atoms with Gasteiger partial charge in [-0.05, 0) is 24.3 Å². The number of hydrogen-bond acceptors (Lipinski definition) is 5. The van der Waals surface area contributed by atoms with Crippen molar-refractivity contribution in [1.29, 1.82) is 5.26 Å². The largest absolute Gasteiger partial charge is 0.325 e. The maximum Gasteiger partial charge on any atom is 0.225 e. The summed E-state index contributed by atoms with van der Waals surface area (Å²) in [6, 6.07) is 15.3. The van der Waals surface area contributed by atoms with Crippen LogP contribution in [0.4, 0.5) is 10.1 Å². The number of carbonyl (C=O) groups is 1. The summed E-state index contributed by atoms with van der Waals surface area (Å²) in [5.41, 5.74) is 1.29. The van der Waals surface area contributed by atoms with Crippen molar-refractivity contribution in [2.24, 2.45) is 7.05 Å². The van der Waals surface area contributed by atoms with Gasteiger partial charge in [-0.3, -0.25) is 4.79 Å². The summed E-state index contributed by atoms with van der Waals surface area (Å²) in [7, 11) is 1.76. The number of nitriles is 1. The maximum absolute atomic E-state index is 13.9. The molecule has 0 aliphatic rings. The van der Waals surface area contributed by atoms with Crippen LogP contribution in [0.1, 0.15) is 12.0 Å². The van der Waals surface area contributed by atoms with E-state index in [9.17, 15) is 9.18 Å². The van der Waals surface area contributed by atoms with Crippen molar-refractivity contribution in [3.05, 3.63) is 59.9 Å². The first-order chi connectivity index (χ1) is 13.1. The van der Waals surface area contributed by atoms with E-state index in [-0.39, 0.29) is 18.1 Å². The van der Waals surface area contributed by atoms with E-state index in [1.54, 1.807) is 54.1 Å². The van der Waals surface area contributed by atoms with Gasteiger partial charge in [0.2, 0.25) is 5.91 Å². The van der Waals surface area contributed by atoms with Gasteiger partial charge in [-0.2, -0.15) is 5.26 Å². The second kappa shape index (κ2) is 8.47. The first kappa shape index (κ1) is 18.6. The highest BCUT2D eigenvalue weighted by atomic mass is 32.2. The topological polar surface area (TPSA) is 83.6 Å². The van der Waals surface area contributed by atoms with Crippen molar-refractivity contribution < 1.29 is 9.18 Å². The number of carbonyl (C=O) groups excluding carboxylic acids is 1. The Hall–Kier alpha value is -3.18. The monoisotopic (exact) mass is 381 g/mol. The number of benzene rings is 2. The van der Waals surface area contributed by atoms with Crippen LogP contribution in [0.15, 0.2) is 53.7 Å². The summed E-state index contributed by atoms with van der Waals surface area (Å²) in [4.78, 5) is 12.1. The van der Waals surface area contributed by atoms with Crippen molar-refractivity contribution in [2.45, 2.75) is 11.6 Å². The molecular weight excluding hydrogens is 365 g/mol. The van der Waals surface area contributed by atoms with Crippen molar-refractivity contribution >= 4 is 23.4 Å². The molecule has 0 aliphatic carbocycles. The van der Waals surface area contributed by atoms with Crippen LogP contribution in [0, 0.1) is 17.1 Å². The molecule has 0 fully saturated rings. The van der Waals surface area contributed by atoms with Crippen LogP contribution in [-0.4, -0.2) is 26.4 Å². The molecule has 1 aromatic heterocycles. The third-order valence-electron chi connectivity index (χ3n) is 3.83. The summed E-state index contributed by atoms with van der Waals surface area (Å²) in [6.07, 6.45) is 0.242. The zero-order valence-electron chi connectivity index (χ0n) is 14.5. The normalized spacial score (nSPS) is 10.4. The predicted octanol–water partition coefficient (Wildman–Crippen LogP) is 3.61. The third-order valence-corrected chi connectivity index (χ3v) is 4.85. The lowest BCUT2D eigenvalue weighted by Crippen LogP contribution is -2.13. The molecule has 0 saturated carbocycles. The minimum absolute atomic E-state index is 0.193. The summed E-state index contributed by atoms with van der Waals surface area (Å²) < 4.78 is 15.6. The Kier molecular flexibility index (Phi) is 5.84. The van der Waals surface area contributed by atoms with Crippen LogP contribution in [-0.2, 0) is 11.8 Å². The number of nitrogens with zero attached hydrogens (tertiary/aromatic N) is 4. The molecule has 1 N–H and O–H groups in total. The van der Waals surface area contributed by atoms with Crippen LogP contribution >= 0.6 is 11.8 Å². The summed E-state index contributed by atoms with van der Waals surface area (Å²) in [5.74, 6) is 0.355. The Bertz CT molecular complexity index is 1010. The molecule has 1 heterocycles. The maximum atomic E-state index is 13.9. The van der Waals surface area contributed by atoms with Gasteiger partial charge in [-0.1, -0.05) is 36.0 Å². The number of thioether (sulfide) groups is 1. The molecule has 8 heteroatoms. The smallest absolute Gasteiger partial charge is 0.225 e. The fourth-order valence-electron chi connectivity index (χ4n) is 2.46. The fourth-order valence-corrected chi connectivity index (χ4v) is 3.30. The highest BCUT2D eigenvalue weighted by molar-refractivity contribution is 7.99. The quantitative estimate of drug-likeness (QED) is 0.660. The van der Waals surface area contributed by atoms with Gasteiger partial charge in [-0.15, -0.1) is 10.2 Å². The second-order valence-corrected chi connectivity index (χ2v) is 6.71. The van der Waals surface area contributed by atoms with Gasteiger partial charge in [0.1, 0.15) is 11.9 Å². The lowest BCUT2D eigenvalue weighted by molar-refractivity contribution is -0.115. The van der Waals surface area contributed by atoms with Gasteiger partial charge in [0.05, 0.1) is 16.8 Å². The highest BCUT2D eigenvalue weighted by Gasteiger charge is 2.15. The fraction of sp³-hybridized carbons (Fsp3) is 0.158. The Morgan fingerprint density at radius 2 is 1.96 bits per heavy atom. The molecular formula is C19H16FN5OS. The number of amides is 1. The molecule has 0 spiro atoms. The SMILES string of the molecule is Cn1c(SCCC(=O)Nc2ccccc2C#N)nnc1-c1ccccc1F. The highest BCUT2D eigenvalue weighted by Crippen LogP contribution is 2.25. The molecule has 3 rings (SSSR count). The van der Waals surface area contributed by atoms with Gasteiger partial charge in [0.25, 0.3) is 0 Å². The van der Waals surface area contributed by atoms with Crippen LogP contribution in [0.2, 0.25) is 0 Å². The van der Waals surface area contributed by atoms with E-state index in [0.717, 1.165) is 0 Å². The van der Waals surface area contributed by atoms with Crippen LogP contribution < -0.4 is 5.32 Å². The lowest BCUT2D eigenvalue weighted by Gasteiger charge is -2.07. The molecule has 0 radical (unpaired) electrons.